The number of hydrogen-bond donors (Lipinski definition) is 1. The molecule has 98 valence electrons. The first-order valence-electron chi connectivity index (χ1n) is 5.79. The minimum absolute atomic E-state index is 0.0187. The van der Waals surface area contributed by atoms with Crippen LogP contribution in [0, 0.1) is 11.8 Å². The highest BCUT2D eigenvalue weighted by Crippen LogP contribution is 2.40. The monoisotopic (exact) mass is 269 g/mol. The number of anilines is 1. The zero-order valence-electron chi connectivity index (χ0n) is 10.6. The van der Waals surface area contributed by atoms with Crippen molar-refractivity contribution in [2.75, 3.05) is 19.5 Å². The predicted octanol–water partition coefficient (Wildman–Crippen LogP) is 2.95. The molecule has 2 rings (SSSR count). The van der Waals surface area contributed by atoms with Crippen LogP contribution >= 0.6 is 11.6 Å². The average Bonchev–Trinajstić information content (AvgIpc) is 3.08. The molecule has 5 heteroatoms. The molecule has 1 amide bonds. The molecule has 0 heterocycles. The Labute approximate surface area is 111 Å². The molecule has 1 aliphatic rings. The number of carbonyl (C=O) groups excluding carboxylic acids is 1. The van der Waals surface area contributed by atoms with Gasteiger partial charge >= 0.3 is 0 Å². The standard InChI is InChI=1S/C13H16ClNO3/c1-7-4-8(7)13(16)15-10-6-11(17-2)9(14)5-12(10)18-3/h5-8H,4H2,1-3H3,(H,15,16)/t7-,8-/m1/s1. The molecule has 1 saturated carbocycles. The summed E-state index contributed by atoms with van der Waals surface area (Å²) in [4.78, 5) is 11.9. The highest BCUT2D eigenvalue weighted by atomic mass is 35.5. The van der Waals surface area contributed by atoms with Gasteiger partial charge in [-0.15, -0.1) is 0 Å². The third-order valence-electron chi connectivity index (χ3n) is 3.18. The number of halogens is 1. The maximum Gasteiger partial charge on any atom is 0.227 e. The maximum absolute atomic E-state index is 11.9. The van der Waals surface area contributed by atoms with Crippen molar-refractivity contribution in [2.45, 2.75) is 13.3 Å². The zero-order chi connectivity index (χ0) is 13.3. The molecule has 0 radical (unpaired) electrons. The van der Waals surface area contributed by atoms with Crippen LogP contribution in [0.15, 0.2) is 12.1 Å². The third kappa shape index (κ3) is 2.53. The predicted molar refractivity (Wildman–Crippen MR) is 70.5 cm³/mol. The number of ether oxygens (including phenoxy) is 2. The Balaban J connectivity index is 2.22. The Hall–Kier alpha value is -1.42. The Morgan fingerprint density at radius 3 is 2.44 bits per heavy atom. The molecule has 0 aromatic heterocycles. The van der Waals surface area contributed by atoms with E-state index in [1.54, 1.807) is 12.1 Å². The van der Waals surface area contributed by atoms with E-state index in [1.807, 2.05) is 0 Å². The Morgan fingerprint density at radius 1 is 1.33 bits per heavy atom. The summed E-state index contributed by atoms with van der Waals surface area (Å²) >= 11 is 6.00. The molecule has 4 nitrogen and oxygen atoms in total. The Morgan fingerprint density at radius 2 is 1.94 bits per heavy atom. The number of hydrogen-bond acceptors (Lipinski definition) is 3. The van der Waals surface area contributed by atoms with E-state index < -0.39 is 0 Å². The second-order valence-corrected chi connectivity index (χ2v) is 4.90. The van der Waals surface area contributed by atoms with Gasteiger partial charge in [0.1, 0.15) is 11.5 Å². The van der Waals surface area contributed by atoms with Gasteiger partial charge in [0, 0.05) is 18.1 Å². The fourth-order valence-electron chi connectivity index (χ4n) is 1.87. The van der Waals surface area contributed by atoms with E-state index in [4.69, 9.17) is 21.1 Å². The summed E-state index contributed by atoms with van der Waals surface area (Å²) in [7, 11) is 3.07. The van der Waals surface area contributed by atoms with Crippen LogP contribution in [0.3, 0.4) is 0 Å². The van der Waals surface area contributed by atoms with Crippen LogP contribution < -0.4 is 14.8 Å². The van der Waals surface area contributed by atoms with Crippen molar-refractivity contribution in [3.63, 3.8) is 0 Å². The normalized spacial score (nSPS) is 21.3. The Bertz CT molecular complexity index is 476. The van der Waals surface area contributed by atoms with Gasteiger partial charge < -0.3 is 14.8 Å². The minimum Gasteiger partial charge on any atom is -0.495 e. The smallest absolute Gasteiger partial charge is 0.227 e. The summed E-state index contributed by atoms with van der Waals surface area (Å²) in [6, 6.07) is 3.30. The summed E-state index contributed by atoms with van der Waals surface area (Å²) in [5, 5.41) is 3.30. The minimum atomic E-state index is 0.0187. The molecular weight excluding hydrogens is 254 g/mol. The number of carbonyl (C=O) groups is 1. The summed E-state index contributed by atoms with van der Waals surface area (Å²) in [5.74, 6) is 1.63. The zero-order valence-corrected chi connectivity index (χ0v) is 11.4. The van der Waals surface area contributed by atoms with Gasteiger partial charge in [0.25, 0.3) is 0 Å². The number of amides is 1. The third-order valence-corrected chi connectivity index (χ3v) is 3.47. The largest absolute Gasteiger partial charge is 0.495 e. The highest BCUT2D eigenvalue weighted by molar-refractivity contribution is 6.32. The topological polar surface area (TPSA) is 47.6 Å². The Kier molecular flexibility index (Phi) is 3.66. The molecule has 0 bridgehead atoms. The van der Waals surface area contributed by atoms with Gasteiger partial charge in [-0.1, -0.05) is 18.5 Å². The first-order valence-corrected chi connectivity index (χ1v) is 6.17. The van der Waals surface area contributed by atoms with Crippen molar-refractivity contribution in [3.8, 4) is 11.5 Å². The fourth-order valence-corrected chi connectivity index (χ4v) is 2.10. The molecule has 2 atom stereocenters. The van der Waals surface area contributed by atoms with E-state index in [9.17, 15) is 4.79 Å². The van der Waals surface area contributed by atoms with E-state index >= 15 is 0 Å². The van der Waals surface area contributed by atoms with E-state index in [-0.39, 0.29) is 11.8 Å². The molecule has 1 aliphatic carbocycles. The van der Waals surface area contributed by atoms with E-state index in [2.05, 4.69) is 12.2 Å². The molecule has 1 aromatic carbocycles. The first kappa shape index (κ1) is 13.0. The van der Waals surface area contributed by atoms with Gasteiger partial charge in [0.2, 0.25) is 5.91 Å². The van der Waals surface area contributed by atoms with Gasteiger partial charge in [0.15, 0.2) is 0 Å². The molecular formula is C13H16ClNO3. The van der Waals surface area contributed by atoms with Crippen LogP contribution in [0.2, 0.25) is 5.02 Å². The van der Waals surface area contributed by atoms with Crippen LogP contribution in [-0.4, -0.2) is 20.1 Å². The molecule has 0 unspecified atom stereocenters. The van der Waals surface area contributed by atoms with E-state index in [0.29, 0.717) is 28.1 Å². The molecule has 0 saturated heterocycles. The molecule has 0 aliphatic heterocycles. The van der Waals surface area contributed by atoms with Crippen LogP contribution in [0.5, 0.6) is 11.5 Å². The second-order valence-electron chi connectivity index (χ2n) is 4.50. The molecule has 1 N–H and O–H groups in total. The second kappa shape index (κ2) is 5.06. The highest BCUT2D eigenvalue weighted by Gasteiger charge is 2.39. The average molecular weight is 270 g/mol. The van der Waals surface area contributed by atoms with Crippen LogP contribution in [0.1, 0.15) is 13.3 Å². The van der Waals surface area contributed by atoms with Gasteiger partial charge in [-0.25, -0.2) is 0 Å². The van der Waals surface area contributed by atoms with Crippen molar-refractivity contribution >= 4 is 23.2 Å². The summed E-state index contributed by atoms with van der Waals surface area (Å²) in [6.45, 7) is 2.06. The lowest BCUT2D eigenvalue weighted by atomic mass is 10.2. The lowest BCUT2D eigenvalue weighted by Crippen LogP contribution is -2.15. The van der Waals surface area contributed by atoms with Gasteiger partial charge in [-0.05, 0) is 12.3 Å². The quantitative estimate of drug-likeness (QED) is 0.914. The lowest BCUT2D eigenvalue weighted by Gasteiger charge is -2.13. The van der Waals surface area contributed by atoms with Crippen molar-refractivity contribution in [3.05, 3.63) is 17.2 Å². The van der Waals surface area contributed by atoms with Crippen molar-refractivity contribution in [2.24, 2.45) is 11.8 Å². The maximum atomic E-state index is 11.9. The number of benzene rings is 1. The number of methoxy groups -OCH3 is 2. The van der Waals surface area contributed by atoms with Crippen LogP contribution in [-0.2, 0) is 4.79 Å². The van der Waals surface area contributed by atoms with Crippen molar-refractivity contribution in [1.82, 2.24) is 0 Å². The number of nitrogens with one attached hydrogen (secondary N) is 1. The van der Waals surface area contributed by atoms with Gasteiger partial charge in [0.05, 0.1) is 24.9 Å². The van der Waals surface area contributed by atoms with Gasteiger partial charge in [-0.3, -0.25) is 4.79 Å². The number of rotatable bonds is 4. The first-order chi connectivity index (χ1) is 8.56. The van der Waals surface area contributed by atoms with Crippen LogP contribution in [0.4, 0.5) is 5.69 Å². The molecule has 0 spiro atoms. The summed E-state index contributed by atoms with van der Waals surface area (Å²) < 4.78 is 10.3. The SMILES string of the molecule is COc1cc(NC(=O)[C@@H]2C[C@H]2C)c(OC)cc1Cl. The lowest BCUT2D eigenvalue weighted by molar-refractivity contribution is -0.117. The summed E-state index contributed by atoms with van der Waals surface area (Å²) in [5.41, 5.74) is 0.586. The van der Waals surface area contributed by atoms with E-state index in [1.165, 1.54) is 14.2 Å². The van der Waals surface area contributed by atoms with Gasteiger partial charge in [-0.2, -0.15) is 0 Å². The molecule has 1 fully saturated rings. The molecule has 18 heavy (non-hydrogen) atoms. The van der Waals surface area contributed by atoms with Crippen molar-refractivity contribution < 1.29 is 14.3 Å². The summed E-state index contributed by atoms with van der Waals surface area (Å²) in [6.07, 6.45) is 0.943. The fraction of sp³-hybridized carbons (Fsp3) is 0.462. The molecule has 1 aromatic rings. The van der Waals surface area contributed by atoms with Crippen LogP contribution in [0.25, 0.3) is 0 Å². The van der Waals surface area contributed by atoms with E-state index in [0.717, 1.165) is 6.42 Å². The van der Waals surface area contributed by atoms with Crippen molar-refractivity contribution in [1.29, 1.82) is 0 Å².